The lowest BCUT2D eigenvalue weighted by molar-refractivity contribution is -0.139. The Kier molecular flexibility index (Phi) is 3.96. The topological polar surface area (TPSA) is 86.5 Å². The lowest BCUT2D eigenvalue weighted by atomic mass is 10.3. The maximum Gasteiger partial charge on any atom is 0.311 e. The Balaban J connectivity index is 1.92. The molecule has 0 saturated carbocycles. The summed E-state index contributed by atoms with van der Waals surface area (Å²) in [6, 6.07) is 7.47. The highest BCUT2D eigenvalue weighted by Gasteiger charge is 2.25. The molecule has 0 N–H and O–H groups in total. The quantitative estimate of drug-likeness (QED) is 0.760. The minimum Gasteiger partial charge on any atom is -0.497 e. The van der Waals surface area contributed by atoms with Gasteiger partial charge >= 0.3 is 5.97 Å². The van der Waals surface area contributed by atoms with E-state index in [0.29, 0.717) is 19.0 Å². The second kappa shape index (κ2) is 6.07. The Bertz CT molecular complexity index is 785. The summed E-state index contributed by atoms with van der Waals surface area (Å²) in [5.74, 6) is 0.709. The SMILES string of the molecule is COC(=O)Cc1nnc2n(c1=O)CCN2c1ccc(OC)cc1. The first-order chi connectivity index (χ1) is 11.1. The van der Waals surface area contributed by atoms with Crippen LogP contribution in [0.3, 0.4) is 0 Å². The summed E-state index contributed by atoms with van der Waals surface area (Å²) in [4.78, 5) is 25.6. The summed E-state index contributed by atoms with van der Waals surface area (Å²) in [7, 11) is 2.88. The normalized spacial score (nSPS) is 12.9. The number of methoxy groups -OCH3 is 2. The molecule has 0 aliphatic carbocycles. The Labute approximate surface area is 132 Å². The maximum absolute atomic E-state index is 12.4. The Morgan fingerprint density at radius 2 is 1.91 bits per heavy atom. The number of carbonyl (C=O) groups excluding carboxylic acids is 1. The molecule has 0 fully saturated rings. The molecule has 0 unspecified atom stereocenters. The second-order valence-electron chi connectivity index (χ2n) is 5.01. The van der Waals surface area contributed by atoms with Gasteiger partial charge in [0.15, 0.2) is 0 Å². The van der Waals surface area contributed by atoms with Crippen LogP contribution in [0, 0.1) is 0 Å². The number of hydrogen-bond donors (Lipinski definition) is 0. The molecule has 0 saturated heterocycles. The van der Waals surface area contributed by atoms with Gasteiger partial charge in [-0.25, -0.2) is 0 Å². The van der Waals surface area contributed by atoms with Crippen LogP contribution in [-0.2, 0) is 22.5 Å². The van der Waals surface area contributed by atoms with E-state index in [9.17, 15) is 9.59 Å². The van der Waals surface area contributed by atoms with Crippen molar-refractivity contribution >= 4 is 17.6 Å². The van der Waals surface area contributed by atoms with Crippen LogP contribution >= 0.6 is 0 Å². The molecule has 3 rings (SSSR count). The van der Waals surface area contributed by atoms with Gasteiger partial charge in [0.05, 0.1) is 20.6 Å². The zero-order valence-corrected chi connectivity index (χ0v) is 12.9. The van der Waals surface area contributed by atoms with Crippen LogP contribution in [0.4, 0.5) is 11.6 Å². The lowest BCUT2D eigenvalue weighted by Crippen LogP contribution is -2.27. The molecule has 1 aliphatic heterocycles. The van der Waals surface area contributed by atoms with Crippen LogP contribution in [0.15, 0.2) is 29.1 Å². The number of rotatable bonds is 4. The van der Waals surface area contributed by atoms with Crippen molar-refractivity contribution < 1.29 is 14.3 Å². The molecule has 1 aliphatic rings. The third-order valence-corrected chi connectivity index (χ3v) is 3.71. The van der Waals surface area contributed by atoms with E-state index in [-0.39, 0.29) is 17.7 Å². The van der Waals surface area contributed by atoms with Crippen molar-refractivity contribution in [1.82, 2.24) is 14.8 Å². The smallest absolute Gasteiger partial charge is 0.311 e. The van der Waals surface area contributed by atoms with Gasteiger partial charge in [0.1, 0.15) is 11.4 Å². The van der Waals surface area contributed by atoms with Crippen LogP contribution in [-0.4, -0.2) is 41.5 Å². The number of anilines is 2. The van der Waals surface area contributed by atoms with Gasteiger partial charge in [0.2, 0.25) is 5.95 Å². The van der Waals surface area contributed by atoms with E-state index in [2.05, 4.69) is 14.9 Å². The molecular formula is C15H16N4O4. The summed E-state index contributed by atoms with van der Waals surface area (Å²) in [5, 5.41) is 8.00. The fraction of sp³-hybridized carbons (Fsp3) is 0.333. The van der Waals surface area contributed by atoms with E-state index >= 15 is 0 Å². The van der Waals surface area contributed by atoms with Gasteiger partial charge in [-0.05, 0) is 24.3 Å². The molecule has 0 radical (unpaired) electrons. The number of nitrogens with zero attached hydrogens (tertiary/aromatic N) is 4. The number of esters is 1. The molecule has 0 amide bonds. The highest BCUT2D eigenvalue weighted by molar-refractivity contribution is 5.71. The molecule has 23 heavy (non-hydrogen) atoms. The fourth-order valence-electron chi connectivity index (χ4n) is 2.48. The second-order valence-corrected chi connectivity index (χ2v) is 5.01. The van der Waals surface area contributed by atoms with Crippen molar-refractivity contribution in [2.75, 3.05) is 25.7 Å². The summed E-state index contributed by atoms with van der Waals surface area (Å²) in [6.07, 6.45) is -0.175. The number of aromatic nitrogens is 3. The van der Waals surface area contributed by atoms with Gasteiger partial charge in [0, 0.05) is 18.8 Å². The molecule has 8 heteroatoms. The lowest BCUT2D eigenvalue weighted by Gasteiger charge is -2.17. The predicted octanol–water partition coefficient (Wildman–Crippen LogP) is 0.514. The molecule has 1 aromatic heterocycles. The first kappa shape index (κ1) is 15.0. The molecule has 2 aromatic rings. The van der Waals surface area contributed by atoms with E-state index < -0.39 is 5.97 Å². The Morgan fingerprint density at radius 1 is 1.17 bits per heavy atom. The van der Waals surface area contributed by atoms with Crippen molar-refractivity contribution in [3.63, 3.8) is 0 Å². The number of benzene rings is 1. The Hall–Kier alpha value is -2.90. The highest BCUT2D eigenvalue weighted by Crippen LogP contribution is 2.28. The molecule has 1 aromatic carbocycles. The average Bonchev–Trinajstić information content (AvgIpc) is 3.02. The third kappa shape index (κ3) is 2.75. The van der Waals surface area contributed by atoms with Gasteiger partial charge in [0.25, 0.3) is 5.56 Å². The van der Waals surface area contributed by atoms with E-state index in [1.54, 1.807) is 7.11 Å². The zero-order valence-electron chi connectivity index (χ0n) is 12.9. The largest absolute Gasteiger partial charge is 0.497 e. The van der Waals surface area contributed by atoms with E-state index in [1.807, 2.05) is 29.2 Å². The van der Waals surface area contributed by atoms with Gasteiger partial charge in [-0.1, -0.05) is 0 Å². The predicted molar refractivity (Wildman–Crippen MR) is 82.0 cm³/mol. The minimum atomic E-state index is -0.512. The summed E-state index contributed by atoms with van der Waals surface area (Å²) >= 11 is 0. The summed E-state index contributed by atoms with van der Waals surface area (Å²) in [6.45, 7) is 1.10. The van der Waals surface area contributed by atoms with E-state index in [1.165, 1.54) is 11.7 Å². The van der Waals surface area contributed by atoms with Crippen molar-refractivity contribution in [2.24, 2.45) is 0 Å². The van der Waals surface area contributed by atoms with Crippen LogP contribution < -0.4 is 15.2 Å². The standard InChI is InChI=1S/C15H16N4O4/c1-22-11-5-3-10(4-6-11)18-7-8-19-14(21)12(9-13(20)23-2)16-17-15(18)19/h3-6H,7-9H2,1-2H3. The number of hydrogen-bond acceptors (Lipinski definition) is 7. The van der Waals surface area contributed by atoms with Crippen molar-refractivity contribution in [3.8, 4) is 5.75 Å². The molecule has 0 atom stereocenters. The highest BCUT2D eigenvalue weighted by atomic mass is 16.5. The van der Waals surface area contributed by atoms with Crippen LogP contribution in [0.5, 0.6) is 5.75 Å². The third-order valence-electron chi connectivity index (χ3n) is 3.71. The van der Waals surface area contributed by atoms with Crippen molar-refractivity contribution in [3.05, 3.63) is 40.3 Å². The average molecular weight is 316 g/mol. The van der Waals surface area contributed by atoms with Gasteiger partial charge < -0.3 is 14.4 Å². The Morgan fingerprint density at radius 3 is 2.57 bits per heavy atom. The van der Waals surface area contributed by atoms with Gasteiger partial charge in [-0.3, -0.25) is 14.2 Å². The number of ether oxygens (including phenoxy) is 2. The minimum absolute atomic E-state index is 0.0946. The van der Waals surface area contributed by atoms with Gasteiger partial charge in [-0.15, -0.1) is 10.2 Å². The van der Waals surface area contributed by atoms with Crippen LogP contribution in [0.1, 0.15) is 5.69 Å². The first-order valence-corrected chi connectivity index (χ1v) is 7.09. The monoisotopic (exact) mass is 316 g/mol. The van der Waals surface area contributed by atoms with E-state index in [4.69, 9.17) is 4.74 Å². The fourth-order valence-corrected chi connectivity index (χ4v) is 2.48. The molecule has 120 valence electrons. The first-order valence-electron chi connectivity index (χ1n) is 7.09. The van der Waals surface area contributed by atoms with E-state index in [0.717, 1.165) is 11.4 Å². The van der Waals surface area contributed by atoms with Crippen LogP contribution in [0.25, 0.3) is 0 Å². The molecule has 8 nitrogen and oxygen atoms in total. The van der Waals surface area contributed by atoms with Gasteiger partial charge in [-0.2, -0.15) is 0 Å². The number of carbonyl (C=O) groups is 1. The van der Waals surface area contributed by atoms with Crippen molar-refractivity contribution in [2.45, 2.75) is 13.0 Å². The van der Waals surface area contributed by atoms with Crippen LogP contribution in [0.2, 0.25) is 0 Å². The maximum atomic E-state index is 12.4. The summed E-state index contributed by atoms with van der Waals surface area (Å²) < 4.78 is 11.2. The summed E-state index contributed by atoms with van der Waals surface area (Å²) in [5.41, 5.74) is 0.681. The molecule has 0 spiro atoms. The molecule has 0 bridgehead atoms. The number of fused-ring (bicyclic) bond motifs is 1. The molecular weight excluding hydrogens is 300 g/mol. The van der Waals surface area contributed by atoms with Crippen molar-refractivity contribution in [1.29, 1.82) is 0 Å². The zero-order chi connectivity index (χ0) is 16.4. The molecule has 2 heterocycles.